The van der Waals surface area contributed by atoms with Crippen molar-refractivity contribution in [3.05, 3.63) is 46.4 Å². The molecule has 5 nitrogen and oxygen atoms in total. The van der Waals surface area contributed by atoms with Crippen LogP contribution in [0.2, 0.25) is 0 Å². The van der Waals surface area contributed by atoms with Crippen LogP contribution in [-0.2, 0) is 14.3 Å². The molecule has 0 bridgehead atoms. The second kappa shape index (κ2) is 3.90. The summed E-state index contributed by atoms with van der Waals surface area (Å²) in [6.45, 7) is 0. The van der Waals surface area contributed by atoms with Crippen LogP contribution in [0.3, 0.4) is 0 Å². The number of benzene rings is 1. The topological polar surface area (TPSA) is 77.5 Å². The third-order valence-electron chi connectivity index (χ3n) is 2.41. The van der Waals surface area contributed by atoms with Crippen molar-refractivity contribution in [1.29, 1.82) is 0 Å². The van der Waals surface area contributed by atoms with Crippen molar-refractivity contribution in [3.8, 4) is 0 Å². The first-order valence-corrected chi connectivity index (χ1v) is 6.08. The first-order valence-electron chi connectivity index (χ1n) is 4.68. The molecule has 0 amide bonds. The molecule has 0 saturated carbocycles. The smallest absolute Gasteiger partial charge is 0.289 e. The molecule has 0 N–H and O–H groups in total. The SMILES string of the molecule is COS(=O)(=O)C1=CC(=O)c2ccccc2C1=O. The molecule has 88 valence electrons. The largest absolute Gasteiger partial charge is 0.300 e. The standard InChI is InChI=1S/C11H8O5S/c1-16-17(14,15)10-6-9(12)7-4-2-3-5-8(7)11(10)13/h2-6H,1H3. The van der Waals surface area contributed by atoms with Crippen LogP contribution in [0.4, 0.5) is 0 Å². The Balaban J connectivity index is 2.65. The van der Waals surface area contributed by atoms with Crippen molar-refractivity contribution in [2.75, 3.05) is 7.11 Å². The minimum atomic E-state index is -4.16. The number of fused-ring (bicyclic) bond motifs is 1. The van der Waals surface area contributed by atoms with Crippen molar-refractivity contribution in [3.63, 3.8) is 0 Å². The Morgan fingerprint density at radius 2 is 1.65 bits per heavy atom. The number of carbonyl (C=O) groups excluding carboxylic acids is 2. The predicted molar refractivity (Wildman–Crippen MR) is 59.1 cm³/mol. The molecule has 1 aliphatic rings. The van der Waals surface area contributed by atoms with Gasteiger partial charge in [-0.05, 0) is 0 Å². The fraction of sp³-hybridized carbons (Fsp3) is 0.0909. The molecule has 0 aromatic heterocycles. The van der Waals surface area contributed by atoms with Gasteiger partial charge < -0.3 is 0 Å². The maximum Gasteiger partial charge on any atom is 0.300 e. The number of hydrogen-bond donors (Lipinski definition) is 0. The molecule has 6 heteroatoms. The monoisotopic (exact) mass is 252 g/mol. The van der Waals surface area contributed by atoms with Gasteiger partial charge in [0, 0.05) is 17.2 Å². The summed E-state index contributed by atoms with van der Waals surface area (Å²) >= 11 is 0. The van der Waals surface area contributed by atoms with Gasteiger partial charge in [0.2, 0.25) is 5.78 Å². The predicted octanol–water partition coefficient (Wildman–Crippen LogP) is 0.926. The third kappa shape index (κ3) is 1.81. The average Bonchev–Trinajstić information content (AvgIpc) is 2.33. The van der Waals surface area contributed by atoms with E-state index in [9.17, 15) is 18.0 Å². The lowest BCUT2D eigenvalue weighted by atomic mass is 9.95. The first-order chi connectivity index (χ1) is 7.97. The molecule has 1 aromatic rings. The van der Waals surface area contributed by atoms with E-state index in [0.29, 0.717) is 0 Å². The summed E-state index contributed by atoms with van der Waals surface area (Å²) in [4.78, 5) is 22.9. The second-order valence-corrected chi connectivity index (χ2v) is 5.05. The van der Waals surface area contributed by atoms with E-state index >= 15 is 0 Å². The van der Waals surface area contributed by atoms with Crippen LogP contribution in [0.5, 0.6) is 0 Å². The van der Waals surface area contributed by atoms with E-state index in [0.717, 1.165) is 13.2 Å². The highest BCUT2D eigenvalue weighted by molar-refractivity contribution is 7.91. The number of allylic oxidation sites excluding steroid dienone is 2. The maximum absolute atomic E-state index is 11.9. The molecule has 17 heavy (non-hydrogen) atoms. The highest BCUT2D eigenvalue weighted by Crippen LogP contribution is 2.24. The summed E-state index contributed by atoms with van der Waals surface area (Å²) in [6, 6.07) is 6.05. The van der Waals surface area contributed by atoms with Crippen LogP contribution in [0, 0.1) is 0 Å². The summed E-state index contributed by atoms with van der Waals surface area (Å²) in [6.07, 6.45) is 0.795. The van der Waals surface area contributed by atoms with E-state index in [2.05, 4.69) is 4.18 Å². The van der Waals surface area contributed by atoms with Crippen LogP contribution >= 0.6 is 0 Å². The molecule has 0 aliphatic heterocycles. The zero-order valence-corrected chi connectivity index (χ0v) is 9.65. The third-order valence-corrected chi connectivity index (χ3v) is 3.69. The number of ketones is 2. The Morgan fingerprint density at radius 3 is 2.24 bits per heavy atom. The van der Waals surface area contributed by atoms with Gasteiger partial charge in [-0.2, -0.15) is 8.42 Å². The first kappa shape index (κ1) is 11.7. The van der Waals surface area contributed by atoms with Crippen molar-refractivity contribution in [2.24, 2.45) is 0 Å². The average molecular weight is 252 g/mol. The summed E-state index contributed by atoms with van der Waals surface area (Å²) in [5, 5.41) is 0. The van der Waals surface area contributed by atoms with E-state index < -0.39 is 26.6 Å². The molecule has 1 aliphatic carbocycles. The number of Topliss-reactive ketones (excluding diaryl/α,β-unsaturated/α-hetero) is 1. The fourth-order valence-electron chi connectivity index (χ4n) is 1.57. The van der Waals surface area contributed by atoms with Gasteiger partial charge in [-0.25, -0.2) is 0 Å². The Bertz CT molecular complexity index is 640. The number of carbonyl (C=O) groups is 2. The molecular weight excluding hydrogens is 244 g/mol. The van der Waals surface area contributed by atoms with Crippen molar-refractivity contribution in [2.45, 2.75) is 0 Å². The van der Waals surface area contributed by atoms with E-state index in [1.165, 1.54) is 12.1 Å². The molecule has 2 rings (SSSR count). The van der Waals surface area contributed by atoms with Gasteiger partial charge in [0.05, 0.1) is 7.11 Å². The van der Waals surface area contributed by atoms with Crippen LogP contribution in [-0.4, -0.2) is 27.1 Å². The molecule has 0 atom stereocenters. The zero-order chi connectivity index (χ0) is 12.6. The second-order valence-electron chi connectivity index (χ2n) is 3.37. The van der Waals surface area contributed by atoms with Gasteiger partial charge in [-0.3, -0.25) is 13.8 Å². The number of rotatable bonds is 2. The van der Waals surface area contributed by atoms with Gasteiger partial charge in [0.25, 0.3) is 0 Å². The Labute approximate surface area is 97.8 Å². The van der Waals surface area contributed by atoms with Crippen molar-refractivity contribution < 1.29 is 22.2 Å². The summed E-state index contributed by atoms with van der Waals surface area (Å²) in [5.41, 5.74) is 0.281. The van der Waals surface area contributed by atoms with Crippen LogP contribution in [0.25, 0.3) is 0 Å². The zero-order valence-electron chi connectivity index (χ0n) is 8.84. The molecule has 0 radical (unpaired) electrons. The van der Waals surface area contributed by atoms with Crippen molar-refractivity contribution in [1.82, 2.24) is 0 Å². The van der Waals surface area contributed by atoms with E-state index in [1.807, 2.05) is 0 Å². The highest BCUT2D eigenvalue weighted by Gasteiger charge is 2.33. The quantitative estimate of drug-likeness (QED) is 0.731. The normalized spacial score (nSPS) is 15.5. The Morgan fingerprint density at radius 1 is 1.06 bits per heavy atom. The van der Waals surface area contributed by atoms with Gasteiger partial charge in [0.15, 0.2) is 5.78 Å². The molecule has 0 fully saturated rings. The van der Waals surface area contributed by atoms with Crippen molar-refractivity contribution >= 4 is 21.7 Å². The fourth-order valence-corrected chi connectivity index (χ4v) is 2.33. The van der Waals surface area contributed by atoms with Gasteiger partial charge in [-0.1, -0.05) is 24.3 Å². The summed E-state index contributed by atoms with van der Waals surface area (Å²) in [7, 11) is -3.22. The van der Waals surface area contributed by atoms with Crippen LogP contribution in [0.1, 0.15) is 20.7 Å². The molecular formula is C11H8O5S. The molecule has 0 heterocycles. The van der Waals surface area contributed by atoms with E-state index in [4.69, 9.17) is 0 Å². The summed E-state index contributed by atoms with van der Waals surface area (Å²) < 4.78 is 27.2. The molecule has 0 saturated heterocycles. The minimum Gasteiger partial charge on any atom is -0.289 e. The minimum absolute atomic E-state index is 0.0793. The molecule has 0 unspecified atom stereocenters. The molecule has 1 aromatic carbocycles. The lowest BCUT2D eigenvalue weighted by Crippen LogP contribution is -2.22. The Hall–Kier alpha value is -1.79. The van der Waals surface area contributed by atoms with Crippen LogP contribution < -0.4 is 0 Å². The van der Waals surface area contributed by atoms with E-state index in [1.54, 1.807) is 12.1 Å². The highest BCUT2D eigenvalue weighted by atomic mass is 32.2. The number of hydrogen-bond acceptors (Lipinski definition) is 5. The maximum atomic E-state index is 11.9. The molecule has 0 spiro atoms. The summed E-state index contributed by atoms with van der Waals surface area (Å²) in [5.74, 6) is -1.24. The van der Waals surface area contributed by atoms with Gasteiger partial charge in [-0.15, -0.1) is 0 Å². The Kier molecular flexibility index (Phi) is 2.68. The van der Waals surface area contributed by atoms with E-state index in [-0.39, 0.29) is 11.1 Å². The lowest BCUT2D eigenvalue weighted by molar-refractivity contribution is 0.0989. The lowest BCUT2D eigenvalue weighted by Gasteiger charge is -2.13. The van der Waals surface area contributed by atoms with Crippen LogP contribution in [0.15, 0.2) is 35.2 Å². The van der Waals surface area contributed by atoms with Gasteiger partial charge >= 0.3 is 10.1 Å². The van der Waals surface area contributed by atoms with Gasteiger partial charge in [0.1, 0.15) is 4.91 Å².